The maximum absolute atomic E-state index is 11.9. The van der Waals surface area contributed by atoms with Gasteiger partial charge in [0.2, 0.25) is 5.91 Å². The standard InChI is InChI=1S/C15H19N3O/c1-3-7-18-11-14(10-16-18)17-15(19)9-13-6-4-5-12(2)8-13/h4-6,8,10-11H,3,7,9H2,1-2H3,(H,17,19). The summed E-state index contributed by atoms with van der Waals surface area (Å²) in [5.41, 5.74) is 2.95. The van der Waals surface area contributed by atoms with Crippen LogP contribution in [0.2, 0.25) is 0 Å². The van der Waals surface area contributed by atoms with Gasteiger partial charge < -0.3 is 5.32 Å². The lowest BCUT2D eigenvalue weighted by atomic mass is 10.1. The average molecular weight is 257 g/mol. The Balaban J connectivity index is 1.93. The van der Waals surface area contributed by atoms with Crippen LogP contribution < -0.4 is 5.32 Å². The summed E-state index contributed by atoms with van der Waals surface area (Å²) in [6, 6.07) is 7.99. The van der Waals surface area contributed by atoms with Gasteiger partial charge in [0.25, 0.3) is 0 Å². The van der Waals surface area contributed by atoms with E-state index in [1.165, 1.54) is 5.56 Å². The maximum Gasteiger partial charge on any atom is 0.228 e. The van der Waals surface area contributed by atoms with Crippen LogP contribution >= 0.6 is 0 Å². The highest BCUT2D eigenvalue weighted by Crippen LogP contribution is 2.08. The van der Waals surface area contributed by atoms with Crippen molar-refractivity contribution in [3.8, 4) is 0 Å². The van der Waals surface area contributed by atoms with E-state index in [9.17, 15) is 4.79 Å². The summed E-state index contributed by atoms with van der Waals surface area (Å²) in [6.45, 7) is 4.99. The smallest absolute Gasteiger partial charge is 0.228 e. The van der Waals surface area contributed by atoms with Crippen molar-refractivity contribution >= 4 is 11.6 Å². The third-order valence-corrected chi connectivity index (χ3v) is 2.82. The minimum absolute atomic E-state index is 0.0124. The zero-order valence-electron chi connectivity index (χ0n) is 11.4. The Kier molecular flexibility index (Phi) is 4.34. The predicted octanol–water partition coefficient (Wildman–Crippen LogP) is 2.78. The SMILES string of the molecule is CCCn1cc(NC(=O)Cc2cccc(C)c2)cn1. The molecule has 0 saturated carbocycles. The van der Waals surface area contributed by atoms with E-state index in [2.05, 4.69) is 17.3 Å². The molecule has 19 heavy (non-hydrogen) atoms. The Morgan fingerprint density at radius 2 is 2.26 bits per heavy atom. The molecule has 4 nitrogen and oxygen atoms in total. The molecule has 0 aliphatic carbocycles. The first-order chi connectivity index (χ1) is 9.17. The number of aromatic nitrogens is 2. The van der Waals surface area contributed by atoms with Crippen molar-refractivity contribution in [3.63, 3.8) is 0 Å². The fourth-order valence-electron chi connectivity index (χ4n) is 1.99. The minimum Gasteiger partial charge on any atom is -0.323 e. The molecule has 0 unspecified atom stereocenters. The summed E-state index contributed by atoms with van der Waals surface area (Å²) in [7, 11) is 0. The summed E-state index contributed by atoms with van der Waals surface area (Å²) >= 11 is 0. The van der Waals surface area contributed by atoms with Crippen LogP contribution in [0.15, 0.2) is 36.7 Å². The first-order valence-corrected chi connectivity index (χ1v) is 6.55. The normalized spacial score (nSPS) is 10.4. The molecule has 0 radical (unpaired) electrons. The van der Waals surface area contributed by atoms with E-state index in [1.54, 1.807) is 6.20 Å². The van der Waals surface area contributed by atoms with E-state index in [0.717, 1.165) is 24.2 Å². The maximum atomic E-state index is 11.9. The van der Waals surface area contributed by atoms with Crippen LogP contribution in [0.25, 0.3) is 0 Å². The Morgan fingerprint density at radius 1 is 1.42 bits per heavy atom. The van der Waals surface area contributed by atoms with Crippen molar-refractivity contribution in [2.45, 2.75) is 33.2 Å². The summed E-state index contributed by atoms with van der Waals surface area (Å²) in [5, 5.41) is 7.05. The number of nitrogens with one attached hydrogen (secondary N) is 1. The van der Waals surface area contributed by atoms with Crippen LogP contribution in [0.3, 0.4) is 0 Å². The van der Waals surface area contributed by atoms with Gasteiger partial charge in [0.15, 0.2) is 0 Å². The number of carbonyl (C=O) groups is 1. The van der Waals surface area contributed by atoms with Crippen LogP contribution in [0.1, 0.15) is 24.5 Å². The first-order valence-electron chi connectivity index (χ1n) is 6.55. The topological polar surface area (TPSA) is 46.9 Å². The first kappa shape index (κ1) is 13.3. The fraction of sp³-hybridized carbons (Fsp3) is 0.333. The number of rotatable bonds is 5. The fourth-order valence-corrected chi connectivity index (χ4v) is 1.99. The summed E-state index contributed by atoms with van der Waals surface area (Å²) in [6.07, 6.45) is 4.96. The third kappa shape index (κ3) is 3.95. The molecule has 100 valence electrons. The molecule has 0 spiro atoms. The van der Waals surface area contributed by atoms with Gasteiger partial charge in [-0.05, 0) is 18.9 Å². The molecule has 0 atom stereocenters. The molecule has 0 aliphatic heterocycles. The molecule has 0 saturated heterocycles. The van der Waals surface area contributed by atoms with Crippen molar-refractivity contribution in [3.05, 3.63) is 47.8 Å². The van der Waals surface area contributed by atoms with Crippen LogP contribution in [-0.2, 0) is 17.8 Å². The van der Waals surface area contributed by atoms with Crippen molar-refractivity contribution in [2.24, 2.45) is 0 Å². The Bertz CT molecular complexity index is 560. The van der Waals surface area contributed by atoms with E-state index in [-0.39, 0.29) is 5.91 Å². The zero-order valence-corrected chi connectivity index (χ0v) is 11.4. The van der Waals surface area contributed by atoms with Gasteiger partial charge in [-0.15, -0.1) is 0 Å². The van der Waals surface area contributed by atoms with Crippen LogP contribution in [0.5, 0.6) is 0 Å². The summed E-state index contributed by atoms with van der Waals surface area (Å²) in [5.74, 6) is -0.0124. The van der Waals surface area contributed by atoms with E-state index < -0.39 is 0 Å². The molecule has 1 aromatic heterocycles. The number of hydrogen-bond acceptors (Lipinski definition) is 2. The largest absolute Gasteiger partial charge is 0.323 e. The lowest BCUT2D eigenvalue weighted by molar-refractivity contribution is -0.115. The highest BCUT2D eigenvalue weighted by molar-refractivity contribution is 5.91. The number of anilines is 1. The van der Waals surface area contributed by atoms with Crippen molar-refractivity contribution < 1.29 is 4.79 Å². The highest BCUT2D eigenvalue weighted by atomic mass is 16.1. The van der Waals surface area contributed by atoms with Gasteiger partial charge in [-0.2, -0.15) is 5.10 Å². The van der Waals surface area contributed by atoms with E-state index in [0.29, 0.717) is 6.42 Å². The van der Waals surface area contributed by atoms with Gasteiger partial charge in [0.05, 0.1) is 18.3 Å². The van der Waals surface area contributed by atoms with Crippen LogP contribution in [-0.4, -0.2) is 15.7 Å². The lowest BCUT2D eigenvalue weighted by Gasteiger charge is -2.03. The number of carbonyl (C=O) groups excluding carboxylic acids is 1. The molecular formula is C15H19N3O. The molecule has 0 bridgehead atoms. The van der Waals surface area contributed by atoms with Crippen LogP contribution in [0.4, 0.5) is 5.69 Å². The van der Waals surface area contributed by atoms with Crippen molar-refractivity contribution in [2.75, 3.05) is 5.32 Å². The van der Waals surface area contributed by atoms with E-state index >= 15 is 0 Å². The molecule has 4 heteroatoms. The number of benzene rings is 1. The number of hydrogen-bond donors (Lipinski definition) is 1. The van der Waals surface area contributed by atoms with Crippen molar-refractivity contribution in [1.82, 2.24) is 9.78 Å². The molecule has 0 fully saturated rings. The van der Waals surface area contributed by atoms with E-state index in [1.807, 2.05) is 42.1 Å². The van der Waals surface area contributed by atoms with Gasteiger partial charge in [-0.3, -0.25) is 9.48 Å². The Hall–Kier alpha value is -2.10. The second-order valence-electron chi connectivity index (χ2n) is 4.71. The average Bonchev–Trinajstić information content (AvgIpc) is 2.77. The third-order valence-electron chi connectivity index (χ3n) is 2.82. The number of aryl methyl sites for hydroxylation is 2. The van der Waals surface area contributed by atoms with Gasteiger partial charge in [-0.25, -0.2) is 0 Å². The predicted molar refractivity (Wildman–Crippen MR) is 76.0 cm³/mol. The number of amides is 1. The molecule has 2 aromatic rings. The van der Waals surface area contributed by atoms with Gasteiger partial charge in [0.1, 0.15) is 0 Å². The van der Waals surface area contributed by atoms with Gasteiger partial charge >= 0.3 is 0 Å². The highest BCUT2D eigenvalue weighted by Gasteiger charge is 2.05. The molecule has 1 heterocycles. The van der Waals surface area contributed by atoms with Crippen molar-refractivity contribution in [1.29, 1.82) is 0 Å². The summed E-state index contributed by atoms with van der Waals surface area (Å²) < 4.78 is 1.84. The molecule has 1 N–H and O–H groups in total. The monoisotopic (exact) mass is 257 g/mol. The molecule has 1 amide bonds. The second kappa shape index (κ2) is 6.18. The molecule has 0 aliphatic rings. The minimum atomic E-state index is -0.0124. The van der Waals surface area contributed by atoms with E-state index in [4.69, 9.17) is 0 Å². The summed E-state index contributed by atoms with van der Waals surface area (Å²) in [4.78, 5) is 11.9. The Labute approximate surface area is 113 Å². The lowest BCUT2D eigenvalue weighted by Crippen LogP contribution is -2.14. The van der Waals surface area contributed by atoms with Crippen LogP contribution in [0, 0.1) is 6.92 Å². The Morgan fingerprint density at radius 3 is 3.00 bits per heavy atom. The number of nitrogens with zero attached hydrogens (tertiary/aromatic N) is 2. The molecule has 2 rings (SSSR count). The quantitative estimate of drug-likeness (QED) is 0.895. The molecular weight excluding hydrogens is 238 g/mol. The zero-order chi connectivity index (χ0) is 13.7. The molecule has 1 aromatic carbocycles. The second-order valence-corrected chi connectivity index (χ2v) is 4.71. The van der Waals surface area contributed by atoms with Gasteiger partial charge in [-0.1, -0.05) is 36.8 Å². The van der Waals surface area contributed by atoms with Gasteiger partial charge in [0, 0.05) is 12.7 Å².